The van der Waals surface area contributed by atoms with Crippen LogP contribution in [0.2, 0.25) is 0 Å². The zero-order valence-electron chi connectivity index (χ0n) is 26.2. The van der Waals surface area contributed by atoms with Crippen molar-refractivity contribution < 1.29 is 8.83 Å². The zero-order chi connectivity index (χ0) is 32.8. The highest BCUT2D eigenvalue weighted by molar-refractivity contribution is 6.17. The van der Waals surface area contributed by atoms with Gasteiger partial charge in [0.05, 0.1) is 5.39 Å². The number of benzene rings is 5. The van der Waals surface area contributed by atoms with Gasteiger partial charge in [0.2, 0.25) is 5.71 Å². The third-order valence-corrected chi connectivity index (χ3v) is 9.58. The van der Waals surface area contributed by atoms with E-state index < -0.39 is 0 Å². The van der Waals surface area contributed by atoms with Gasteiger partial charge in [-0.2, -0.15) is 0 Å². The van der Waals surface area contributed by atoms with E-state index >= 15 is 0 Å². The monoisotopic (exact) mass is 642 g/mol. The summed E-state index contributed by atoms with van der Waals surface area (Å²) in [7, 11) is 0. The maximum Gasteiger partial charge on any atom is 0.228 e. The highest BCUT2D eigenvalue weighted by Crippen LogP contribution is 2.39. The van der Waals surface area contributed by atoms with E-state index in [1.807, 2.05) is 73.2 Å². The molecule has 6 heterocycles. The fraction of sp³-hybridized carbons (Fsp3) is 0. The van der Waals surface area contributed by atoms with E-state index in [2.05, 4.69) is 63.5 Å². The lowest BCUT2D eigenvalue weighted by Crippen LogP contribution is -2.01. The number of furan rings is 2. The average molecular weight is 643 g/mol. The summed E-state index contributed by atoms with van der Waals surface area (Å²) in [6.07, 6.45) is 9.04. The van der Waals surface area contributed by atoms with E-state index in [0.29, 0.717) is 23.2 Å². The normalized spacial score (nSPS) is 12.0. The molecule has 5 aromatic carbocycles. The van der Waals surface area contributed by atoms with Crippen molar-refractivity contribution in [1.29, 1.82) is 0 Å². The van der Waals surface area contributed by atoms with Gasteiger partial charge in [-0.05, 0) is 63.3 Å². The molecular weight excluding hydrogens is 621 g/mol. The van der Waals surface area contributed by atoms with Crippen LogP contribution < -0.4 is 0 Å². The van der Waals surface area contributed by atoms with Crippen LogP contribution in [0.4, 0.5) is 0 Å². The molecule has 0 saturated heterocycles. The largest absolute Gasteiger partial charge is 0.456 e. The lowest BCUT2D eigenvalue weighted by atomic mass is 9.97. The van der Waals surface area contributed by atoms with Gasteiger partial charge in [0.1, 0.15) is 16.7 Å². The lowest BCUT2D eigenvalue weighted by Gasteiger charge is -2.11. The van der Waals surface area contributed by atoms with Gasteiger partial charge >= 0.3 is 0 Å². The molecule has 0 spiro atoms. The van der Waals surface area contributed by atoms with Crippen molar-refractivity contribution in [3.8, 4) is 34.2 Å². The molecule has 11 rings (SSSR count). The zero-order valence-corrected chi connectivity index (χ0v) is 26.2. The van der Waals surface area contributed by atoms with Crippen molar-refractivity contribution in [3.63, 3.8) is 0 Å². The second-order valence-corrected chi connectivity index (χ2v) is 12.4. The Bertz CT molecular complexity index is 3050. The molecule has 0 aliphatic rings. The van der Waals surface area contributed by atoms with Crippen LogP contribution in [-0.2, 0) is 0 Å². The smallest absolute Gasteiger partial charge is 0.228 e. The summed E-state index contributed by atoms with van der Waals surface area (Å²) in [6, 6.07) is 34.8. The number of nitrogens with zero attached hydrogens (tertiary/aromatic N) is 6. The predicted octanol–water partition coefficient (Wildman–Crippen LogP) is 10.3. The molecule has 6 aromatic heterocycles. The topological polar surface area (TPSA) is 104 Å². The van der Waals surface area contributed by atoms with Crippen molar-refractivity contribution in [2.24, 2.45) is 0 Å². The van der Waals surface area contributed by atoms with Crippen molar-refractivity contribution in [2.75, 3.05) is 0 Å². The molecule has 0 saturated carbocycles. The van der Waals surface area contributed by atoms with Gasteiger partial charge in [-0.1, -0.05) is 66.7 Å². The van der Waals surface area contributed by atoms with E-state index in [1.54, 1.807) is 12.4 Å². The highest BCUT2D eigenvalue weighted by atomic mass is 16.3. The minimum absolute atomic E-state index is 0.519. The summed E-state index contributed by atoms with van der Waals surface area (Å²) in [5, 5.41) is 10.5. The van der Waals surface area contributed by atoms with Crippen LogP contribution in [0.25, 0.3) is 110 Å². The third-order valence-electron chi connectivity index (χ3n) is 9.58. The fourth-order valence-corrected chi connectivity index (χ4v) is 7.30. The average Bonchev–Trinajstić information content (AvgIpc) is 3.76. The van der Waals surface area contributed by atoms with Crippen LogP contribution in [0.3, 0.4) is 0 Å². The molecule has 232 valence electrons. The maximum atomic E-state index is 6.21. The van der Waals surface area contributed by atoms with Crippen molar-refractivity contribution in [3.05, 3.63) is 134 Å². The van der Waals surface area contributed by atoms with E-state index in [4.69, 9.17) is 23.8 Å². The van der Waals surface area contributed by atoms with Gasteiger partial charge in [0, 0.05) is 69.2 Å². The third kappa shape index (κ3) is 3.93. The second kappa shape index (κ2) is 10.2. The molecule has 0 fully saturated rings. The van der Waals surface area contributed by atoms with Gasteiger partial charge < -0.3 is 8.83 Å². The Morgan fingerprint density at radius 3 is 2.06 bits per heavy atom. The fourth-order valence-electron chi connectivity index (χ4n) is 7.30. The molecule has 0 radical (unpaired) electrons. The number of fused-ring (bicyclic) bond motifs is 11. The summed E-state index contributed by atoms with van der Waals surface area (Å²) in [6.45, 7) is 0. The van der Waals surface area contributed by atoms with Gasteiger partial charge in [0.25, 0.3) is 0 Å². The summed E-state index contributed by atoms with van der Waals surface area (Å²) in [5.41, 5.74) is 5.29. The second-order valence-electron chi connectivity index (χ2n) is 12.4. The Morgan fingerprint density at radius 2 is 1.14 bits per heavy atom. The van der Waals surface area contributed by atoms with E-state index in [9.17, 15) is 0 Å². The molecule has 0 amide bonds. The minimum Gasteiger partial charge on any atom is -0.456 e. The Morgan fingerprint density at radius 1 is 0.420 bits per heavy atom. The maximum absolute atomic E-state index is 6.21. The molecule has 50 heavy (non-hydrogen) atoms. The first-order valence-electron chi connectivity index (χ1n) is 16.2. The van der Waals surface area contributed by atoms with E-state index in [-0.39, 0.29) is 0 Å². The Labute approximate surface area is 282 Å². The van der Waals surface area contributed by atoms with Crippen LogP contribution in [0.1, 0.15) is 0 Å². The summed E-state index contributed by atoms with van der Waals surface area (Å²) in [4.78, 5) is 28.7. The molecule has 0 aliphatic heterocycles. The quantitative estimate of drug-likeness (QED) is 0.175. The first kappa shape index (κ1) is 26.9. The van der Waals surface area contributed by atoms with Crippen LogP contribution in [-0.4, -0.2) is 29.9 Å². The number of pyridine rings is 3. The molecular formula is C42H22N6O2. The van der Waals surface area contributed by atoms with Crippen molar-refractivity contribution in [2.45, 2.75) is 0 Å². The highest BCUT2D eigenvalue weighted by Gasteiger charge is 2.21. The molecule has 0 N–H and O–H groups in total. The molecule has 8 heteroatoms. The number of hydrogen-bond donors (Lipinski definition) is 0. The summed E-state index contributed by atoms with van der Waals surface area (Å²) >= 11 is 0. The molecule has 8 nitrogen and oxygen atoms in total. The standard InChI is InChI=1S/C42H22N6O2/c1-2-6-34-30(4-1)38-32(15-19-45-42(38)50-34)41-47-39(46-40(48-41)31-5-3-7-36-37(31)33-22-44-18-16-35(33)49-36)24-9-11-26-23(20-24)8-12-29-27-14-17-43-21-25(27)10-13-28(26)29/h1-22H. The molecule has 0 atom stereocenters. The molecule has 0 unspecified atom stereocenters. The SMILES string of the molecule is c1ccc2c(c1)oc1nccc(-c3nc(-c4ccc5c(ccc6c7ccncc7ccc56)c4)nc(-c4cccc5oc6ccncc6c45)n3)c12. The first-order valence-corrected chi connectivity index (χ1v) is 16.2. The minimum atomic E-state index is 0.519. The van der Waals surface area contributed by atoms with Crippen molar-refractivity contribution in [1.82, 2.24) is 29.9 Å². The van der Waals surface area contributed by atoms with Gasteiger partial charge in [-0.25, -0.2) is 19.9 Å². The summed E-state index contributed by atoms with van der Waals surface area (Å²) in [5.74, 6) is 1.60. The van der Waals surface area contributed by atoms with Crippen LogP contribution in [0.15, 0.2) is 143 Å². The van der Waals surface area contributed by atoms with Crippen LogP contribution in [0, 0.1) is 0 Å². The Kier molecular flexibility index (Phi) is 5.51. The number of para-hydroxylation sites is 1. The van der Waals surface area contributed by atoms with E-state index in [1.165, 1.54) is 16.2 Å². The predicted molar refractivity (Wildman–Crippen MR) is 197 cm³/mol. The first-order chi connectivity index (χ1) is 24.8. The summed E-state index contributed by atoms with van der Waals surface area (Å²) < 4.78 is 12.4. The lowest BCUT2D eigenvalue weighted by molar-refractivity contribution is 0.654. The molecule has 11 aromatic rings. The number of hydrogen-bond acceptors (Lipinski definition) is 8. The van der Waals surface area contributed by atoms with Crippen LogP contribution in [0.5, 0.6) is 0 Å². The van der Waals surface area contributed by atoms with Crippen molar-refractivity contribution >= 4 is 76.3 Å². The van der Waals surface area contributed by atoms with Gasteiger partial charge in [-0.3, -0.25) is 9.97 Å². The van der Waals surface area contributed by atoms with E-state index in [0.717, 1.165) is 71.1 Å². The Hall–Kier alpha value is -7.06. The Balaban J connectivity index is 1.18. The number of rotatable bonds is 3. The molecule has 0 aliphatic carbocycles. The van der Waals surface area contributed by atoms with Gasteiger partial charge in [-0.15, -0.1) is 0 Å². The van der Waals surface area contributed by atoms with Crippen LogP contribution >= 0.6 is 0 Å². The molecule has 0 bridgehead atoms. The number of aromatic nitrogens is 6. The van der Waals surface area contributed by atoms with Gasteiger partial charge in [0.15, 0.2) is 17.5 Å².